The van der Waals surface area contributed by atoms with Crippen molar-refractivity contribution in [3.8, 4) is 5.75 Å². The molecule has 0 saturated heterocycles. The Morgan fingerprint density at radius 3 is 2.14 bits per heavy atom. The van der Waals surface area contributed by atoms with E-state index in [1.54, 1.807) is 24.1 Å². The van der Waals surface area contributed by atoms with Gasteiger partial charge in [-0.2, -0.15) is 0 Å². The van der Waals surface area contributed by atoms with Gasteiger partial charge in [0.25, 0.3) is 0 Å². The van der Waals surface area contributed by atoms with Crippen LogP contribution in [0.25, 0.3) is 0 Å². The fraction of sp³-hybridized carbons (Fsp3) is 0.412. The Morgan fingerprint density at radius 2 is 1.56 bits per heavy atom. The molecule has 8 nitrogen and oxygen atoms in total. The molecule has 9 heteroatoms. The third kappa shape index (κ3) is 10.4. The number of amides is 2. The minimum atomic E-state index is -3.57. The van der Waals surface area contributed by atoms with Crippen LogP contribution in [0.2, 0.25) is 0 Å². The first-order valence-electron chi connectivity index (χ1n) is 14.7. The summed E-state index contributed by atoms with van der Waals surface area (Å²) in [5, 5.41) is 3.06. The van der Waals surface area contributed by atoms with Crippen LogP contribution in [-0.2, 0) is 39.0 Å². The molecule has 0 heterocycles. The Kier molecular flexibility index (Phi) is 11.8. The van der Waals surface area contributed by atoms with Crippen molar-refractivity contribution >= 4 is 27.5 Å². The van der Waals surface area contributed by atoms with Crippen molar-refractivity contribution in [2.75, 3.05) is 24.2 Å². The second kappa shape index (κ2) is 15.0. The smallest absolute Gasteiger partial charge is 0.243 e. The lowest BCUT2D eigenvalue weighted by atomic mass is 10.00. The number of ether oxygens (including phenoxy) is 1. The summed E-state index contributed by atoms with van der Waals surface area (Å²) >= 11 is 0. The summed E-state index contributed by atoms with van der Waals surface area (Å²) in [6.45, 7) is 8.10. The first-order valence-corrected chi connectivity index (χ1v) is 16.5. The van der Waals surface area contributed by atoms with Crippen molar-refractivity contribution in [1.82, 2.24) is 10.2 Å². The SMILES string of the molecule is CCc1ccc(N(CCCC(=O)N(Cc2cccc(OC)c2)[C@H](Cc2ccccc2)C(=O)NC(C)(C)C)S(C)(=O)=O)cc1. The molecule has 1 atom stereocenters. The van der Waals surface area contributed by atoms with Gasteiger partial charge in [-0.3, -0.25) is 13.9 Å². The van der Waals surface area contributed by atoms with Gasteiger partial charge < -0.3 is 15.0 Å². The predicted octanol–water partition coefficient (Wildman–Crippen LogP) is 5.36. The molecular weight excluding hydrogens is 562 g/mol. The monoisotopic (exact) mass is 607 g/mol. The molecule has 0 unspecified atom stereocenters. The summed E-state index contributed by atoms with van der Waals surface area (Å²) in [7, 11) is -1.99. The van der Waals surface area contributed by atoms with Crippen molar-refractivity contribution in [2.45, 2.75) is 71.5 Å². The second-order valence-corrected chi connectivity index (χ2v) is 13.7. The van der Waals surface area contributed by atoms with Crippen molar-refractivity contribution in [3.63, 3.8) is 0 Å². The summed E-state index contributed by atoms with van der Waals surface area (Å²) in [5.41, 5.74) is 2.92. The predicted molar refractivity (Wildman–Crippen MR) is 173 cm³/mol. The van der Waals surface area contributed by atoms with Crippen LogP contribution >= 0.6 is 0 Å². The standard InChI is InChI=1S/C34H45N3O5S/c1-7-26-18-20-29(21-19-26)37(43(6,40)41)22-12-17-32(38)36(25-28-15-11-16-30(23-28)42-5)31(33(39)35-34(2,3)4)24-27-13-9-8-10-14-27/h8-11,13-16,18-21,23,31H,7,12,17,22,24-25H2,1-6H3,(H,35,39)/t31-/m1/s1. The normalized spacial score (nSPS) is 12.3. The quantitative estimate of drug-likeness (QED) is 0.266. The van der Waals surface area contributed by atoms with Crippen molar-refractivity contribution in [2.24, 2.45) is 0 Å². The van der Waals surface area contributed by atoms with Crippen molar-refractivity contribution in [3.05, 3.63) is 95.6 Å². The highest BCUT2D eigenvalue weighted by molar-refractivity contribution is 7.92. The zero-order chi connectivity index (χ0) is 31.6. The van der Waals surface area contributed by atoms with Crippen LogP contribution in [0.3, 0.4) is 0 Å². The van der Waals surface area contributed by atoms with Crippen LogP contribution in [0.15, 0.2) is 78.9 Å². The minimum absolute atomic E-state index is 0.0666. The number of hydrogen-bond acceptors (Lipinski definition) is 5. The molecule has 3 rings (SSSR count). The number of hydrogen-bond donors (Lipinski definition) is 1. The van der Waals surface area contributed by atoms with Crippen molar-refractivity contribution in [1.29, 1.82) is 0 Å². The van der Waals surface area contributed by atoms with Crippen LogP contribution < -0.4 is 14.4 Å². The topological polar surface area (TPSA) is 96.0 Å². The first-order chi connectivity index (χ1) is 20.3. The molecule has 43 heavy (non-hydrogen) atoms. The van der Waals surface area contributed by atoms with Gasteiger partial charge in [-0.25, -0.2) is 8.42 Å². The van der Waals surface area contributed by atoms with Crippen LogP contribution in [-0.4, -0.2) is 56.6 Å². The fourth-order valence-electron chi connectivity index (χ4n) is 4.88. The molecule has 0 aliphatic heterocycles. The lowest BCUT2D eigenvalue weighted by Crippen LogP contribution is -2.54. The van der Waals surface area contributed by atoms with Gasteiger partial charge in [0.15, 0.2) is 0 Å². The number of methoxy groups -OCH3 is 1. The average molecular weight is 608 g/mol. The van der Waals surface area contributed by atoms with Gasteiger partial charge in [0.2, 0.25) is 21.8 Å². The van der Waals surface area contributed by atoms with Crippen LogP contribution in [0.1, 0.15) is 57.2 Å². The molecule has 232 valence electrons. The van der Waals surface area contributed by atoms with E-state index >= 15 is 0 Å². The van der Waals surface area contributed by atoms with Gasteiger partial charge in [0, 0.05) is 31.5 Å². The first kappa shape index (κ1) is 33.6. The molecule has 0 aromatic heterocycles. The van der Waals surface area contributed by atoms with E-state index in [1.165, 1.54) is 10.6 Å². The van der Waals surface area contributed by atoms with E-state index in [1.807, 2.05) is 94.4 Å². The lowest BCUT2D eigenvalue weighted by molar-refractivity contribution is -0.142. The van der Waals surface area contributed by atoms with Crippen LogP contribution in [0.5, 0.6) is 5.75 Å². The number of rotatable bonds is 14. The molecule has 0 aliphatic rings. The van der Waals surface area contributed by atoms with Crippen LogP contribution in [0, 0.1) is 0 Å². The number of anilines is 1. The molecule has 0 spiro atoms. The second-order valence-electron chi connectivity index (χ2n) is 11.8. The molecule has 2 amide bonds. The molecule has 0 fully saturated rings. The maximum absolute atomic E-state index is 14.0. The van der Waals surface area contributed by atoms with E-state index in [0.717, 1.165) is 23.1 Å². The number of sulfonamides is 1. The van der Waals surface area contributed by atoms with E-state index in [2.05, 4.69) is 5.32 Å². The number of nitrogens with one attached hydrogen (secondary N) is 1. The molecular formula is C34H45N3O5S. The Labute approximate surface area is 257 Å². The van der Waals surface area contributed by atoms with E-state index in [-0.39, 0.29) is 37.7 Å². The highest BCUT2D eigenvalue weighted by Crippen LogP contribution is 2.22. The van der Waals surface area contributed by atoms with E-state index in [9.17, 15) is 18.0 Å². The largest absolute Gasteiger partial charge is 0.497 e. The Morgan fingerprint density at radius 1 is 0.907 bits per heavy atom. The summed E-state index contributed by atoms with van der Waals surface area (Å²) < 4.78 is 32.1. The number of aryl methyl sites for hydroxylation is 1. The average Bonchev–Trinajstić information content (AvgIpc) is 2.96. The van der Waals surface area contributed by atoms with Crippen LogP contribution in [0.4, 0.5) is 5.69 Å². The Bertz CT molecular complexity index is 1450. The Balaban J connectivity index is 1.91. The zero-order valence-electron chi connectivity index (χ0n) is 26.2. The van der Waals surface area contributed by atoms with Gasteiger partial charge in [-0.05, 0) is 74.6 Å². The molecule has 3 aromatic rings. The van der Waals surface area contributed by atoms with Gasteiger partial charge in [0.05, 0.1) is 19.1 Å². The van der Waals surface area contributed by atoms with Gasteiger partial charge in [0.1, 0.15) is 11.8 Å². The van der Waals surface area contributed by atoms with Crippen molar-refractivity contribution < 1.29 is 22.7 Å². The third-order valence-corrected chi connectivity index (χ3v) is 8.24. The summed E-state index contributed by atoms with van der Waals surface area (Å²) in [5.74, 6) is 0.172. The summed E-state index contributed by atoms with van der Waals surface area (Å²) in [4.78, 5) is 29.4. The Hall–Kier alpha value is -3.85. The number of nitrogens with zero attached hydrogens (tertiary/aromatic N) is 2. The van der Waals surface area contributed by atoms with Gasteiger partial charge in [-0.15, -0.1) is 0 Å². The summed E-state index contributed by atoms with van der Waals surface area (Å²) in [6, 6.07) is 23.7. The number of benzene rings is 3. The lowest BCUT2D eigenvalue weighted by Gasteiger charge is -2.34. The summed E-state index contributed by atoms with van der Waals surface area (Å²) in [6.07, 6.45) is 2.71. The molecule has 3 aromatic carbocycles. The van der Waals surface area contributed by atoms with E-state index in [0.29, 0.717) is 17.9 Å². The molecule has 0 radical (unpaired) electrons. The third-order valence-electron chi connectivity index (χ3n) is 7.04. The zero-order valence-corrected chi connectivity index (χ0v) is 27.0. The maximum Gasteiger partial charge on any atom is 0.243 e. The minimum Gasteiger partial charge on any atom is -0.497 e. The van der Waals surface area contributed by atoms with E-state index < -0.39 is 21.6 Å². The highest BCUT2D eigenvalue weighted by atomic mass is 32.2. The fourth-order valence-corrected chi connectivity index (χ4v) is 5.84. The van der Waals surface area contributed by atoms with Gasteiger partial charge in [-0.1, -0.05) is 61.5 Å². The molecule has 0 aliphatic carbocycles. The molecule has 1 N–H and O–H groups in total. The van der Waals surface area contributed by atoms with E-state index in [4.69, 9.17) is 4.74 Å². The molecule has 0 saturated carbocycles. The number of carbonyl (C=O) groups excluding carboxylic acids is 2. The number of carbonyl (C=O) groups is 2. The van der Waals surface area contributed by atoms with Gasteiger partial charge >= 0.3 is 0 Å². The highest BCUT2D eigenvalue weighted by Gasteiger charge is 2.32. The molecule has 0 bridgehead atoms. The maximum atomic E-state index is 14.0.